The van der Waals surface area contributed by atoms with Gasteiger partial charge in [0.2, 0.25) is 0 Å². The van der Waals surface area contributed by atoms with Crippen molar-refractivity contribution in [2.45, 2.75) is 45.8 Å². The first-order valence-corrected chi connectivity index (χ1v) is 10.4. The summed E-state index contributed by atoms with van der Waals surface area (Å²) >= 11 is 0. The zero-order chi connectivity index (χ0) is 24.3. The van der Waals surface area contributed by atoms with Gasteiger partial charge in [-0.3, -0.25) is 0 Å². The third kappa shape index (κ3) is 5.54. The maximum Gasteiger partial charge on any atom is 0.408 e. The molecule has 3 rings (SSSR count). The van der Waals surface area contributed by atoms with Gasteiger partial charge in [0.25, 0.3) is 0 Å². The Bertz CT molecular complexity index is 1180. The molecule has 0 saturated heterocycles. The quantitative estimate of drug-likeness (QED) is 0.557. The number of hydrogen-bond donors (Lipinski definition) is 2. The van der Waals surface area contributed by atoms with Crippen LogP contribution < -0.4 is 14.8 Å². The Balaban J connectivity index is 2.08. The van der Waals surface area contributed by atoms with Crippen molar-refractivity contribution in [3.8, 4) is 22.8 Å². The van der Waals surface area contributed by atoms with Crippen LogP contribution in [0.3, 0.4) is 0 Å². The molecule has 0 aliphatic carbocycles. The lowest BCUT2D eigenvalue weighted by molar-refractivity contribution is -0.139. The number of ether oxygens (including phenoxy) is 3. The van der Waals surface area contributed by atoms with E-state index in [9.17, 15) is 14.7 Å². The summed E-state index contributed by atoms with van der Waals surface area (Å²) in [6.45, 7) is 7.08. The molecule has 33 heavy (non-hydrogen) atoms. The third-order valence-corrected chi connectivity index (χ3v) is 4.91. The van der Waals surface area contributed by atoms with Crippen molar-refractivity contribution in [2.24, 2.45) is 0 Å². The minimum absolute atomic E-state index is 0.0110. The fourth-order valence-electron chi connectivity index (χ4n) is 3.45. The number of aryl methyl sites for hydroxylation is 1. The van der Waals surface area contributed by atoms with Crippen molar-refractivity contribution >= 4 is 17.7 Å². The summed E-state index contributed by atoms with van der Waals surface area (Å²) in [5.74, 6) is -0.0880. The molecule has 0 radical (unpaired) electrons. The number of pyridine rings is 1. The van der Waals surface area contributed by atoms with Crippen LogP contribution in [0.5, 0.6) is 11.5 Å². The van der Waals surface area contributed by atoms with Crippen LogP contribution in [0.2, 0.25) is 0 Å². The van der Waals surface area contributed by atoms with Crippen LogP contribution in [0, 0.1) is 6.92 Å². The van der Waals surface area contributed by atoms with Gasteiger partial charge in [-0.1, -0.05) is 6.07 Å². The number of fused-ring (bicyclic) bond motifs is 1. The highest BCUT2D eigenvalue weighted by Gasteiger charge is 2.27. The average molecular weight is 456 g/mol. The molecule has 1 aromatic carbocycles. The van der Waals surface area contributed by atoms with E-state index in [4.69, 9.17) is 19.2 Å². The number of aliphatic carboxylic acids is 1. The van der Waals surface area contributed by atoms with Crippen LogP contribution in [0.1, 0.15) is 32.0 Å². The molecule has 9 heteroatoms. The molecule has 176 valence electrons. The van der Waals surface area contributed by atoms with Crippen molar-refractivity contribution < 1.29 is 28.9 Å². The van der Waals surface area contributed by atoms with Gasteiger partial charge in [0.1, 0.15) is 17.3 Å². The van der Waals surface area contributed by atoms with Crippen LogP contribution in [-0.4, -0.2) is 52.4 Å². The van der Waals surface area contributed by atoms with Gasteiger partial charge in [-0.15, -0.1) is 0 Å². The lowest BCUT2D eigenvalue weighted by Crippen LogP contribution is -2.44. The Kier molecular flexibility index (Phi) is 6.81. The molecule has 0 bridgehead atoms. The predicted octanol–water partition coefficient (Wildman–Crippen LogP) is 3.85. The van der Waals surface area contributed by atoms with Gasteiger partial charge >= 0.3 is 12.1 Å². The van der Waals surface area contributed by atoms with E-state index in [2.05, 4.69) is 5.32 Å². The summed E-state index contributed by atoms with van der Waals surface area (Å²) in [4.78, 5) is 29.0. The molecule has 2 N–H and O–H groups in total. The number of alkyl carbamates (subject to hydrolysis) is 1. The molecular formula is C24H29N3O6. The number of carboxylic acid groups (broad SMARTS) is 1. The summed E-state index contributed by atoms with van der Waals surface area (Å²) < 4.78 is 17.8. The molecule has 3 aromatic rings. The fraction of sp³-hybridized carbons (Fsp3) is 0.375. The normalized spacial score (nSPS) is 12.3. The molecule has 0 saturated carbocycles. The maximum absolute atomic E-state index is 12.3. The number of nitrogens with zero attached hydrogens (tertiary/aromatic N) is 2. The van der Waals surface area contributed by atoms with Gasteiger partial charge < -0.3 is 29.0 Å². The van der Waals surface area contributed by atoms with Gasteiger partial charge in [-0.25, -0.2) is 14.6 Å². The molecule has 0 aliphatic heterocycles. The van der Waals surface area contributed by atoms with Crippen LogP contribution in [0.25, 0.3) is 16.9 Å². The fourth-order valence-corrected chi connectivity index (χ4v) is 3.45. The van der Waals surface area contributed by atoms with Crippen molar-refractivity contribution in [3.63, 3.8) is 0 Å². The highest BCUT2D eigenvalue weighted by molar-refractivity contribution is 5.81. The summed E-state index contributed by atoms with van der Waals surface area (Å²) in [6, 6.07) is 7.95. The minimum atomic E-state index is -1.22. The smallest absolute Gasteiger partial charge is 0.408 e. The predicted molar refractivity (Wildman–Crippen MR) is 123 cm³/mol. The van der Waals surface area contributed by atoms with E-state index >= 15 is 0 Å². The molecule has 1 unspecified atom stereocenters. The summed E-state index contributed by atoms with van der Waals surface area (Å²) in [6.07, 6.45) is 1.07. The largest absolute Gasteiger partial charge is 0.493 e. The number of imidazole rings is 1. The number of benzene rings is 1. The number of carbonyl (C=O) groups excluding carboxylic acids is 1. The van der Waals surface area contributed by atoms with E-state index < -0.39 is 23.7 Å². The second-order valence-corrected chi connectivity index (χ2v) is 8.65. The van der Waals surface area contributed by atoms with Gasteiger partial charge in [-0.05, 0) is 57.5 Å². The van der Waals surface area contributed by atoms with Crippen molar-refractivity contribution in [1.29, 1.82) is 0 Å². The van der Waals surface area contributed by atoms with Crippen LogP contribution in [-0.2, 0) is 16.0 Å². The van der Waals surface area contributed by atoms with E-state index in [0.717, 1.165) is 11.1 Å². The lowest BCUT2D eigenvalue weighted by atomic mass is 10.0. The molecule has 0 fully saturated rings. The minimum Gasteiger partial charge on any atom is -0.493 e. The standard InChI is InChI=1S/C24H29N3O6/c1-14-7-10-20-26-21(15-8-9-18(31-5)19(11-15)32-6)17(27(20)13-14)12-16(22(28)29)25-23(30)33-24(2,3)4/h7-11,13,16H,12H2,1-6H3,(H,25,30)(H,28,29). The van der Waals surface area contributed by atoms with Gasteiger partial charge in [0.05, 0.1) is 25.6 Å². The average Bonchev–Trinajstić information content (AvgIpc) is 3.08. The molecule has 0 aliphatic rings. The van der Waals surface area contributed by atoms with E-state index in [1.54, 1.807) is 47.1 Å². The Hall–Kier alpha value is -3.75. The second-order valence-electron chi connectivity index (χ2n) is 8.65. The Morgan fingerprint density at radius 2 is 1.82 bits per heavy atom. The number of carbonyl (C=O) groups is 2. The lowest BCUT2D eigenvalue weighted by Gasteiger charge is -2.22. The van der Waals surface area contributed by atoms with E-state index in [1.165, 1.54) is 0 Å². The molecule has 0 spiro atoms. The highest BCUT2D eigenvalue weighted by Crippen LogP contribution is 2.34. The van der Waals surface area contributed by atoms with Crippen molar-refractivity contribution in [1.82, 2.24) is 14.7 Å². The number of nitrogens with one attached hydrogen (secondary N) is 1. The highest BCUT2D eigenvalue weighted by atomic mass is 16.6. The van der Waals surface area contributed by atoms with Crippen LogP contribution in [0.15, 0.2) is 36.5 Å². The Morgan fingerprint density at radius 3 is 2.42 bits per heavy atom. The molecule has 2 heterocycles. The summed E-state index contributed by atoms with van der Waals surface area (Å²) in [7, 11) is 3.09. The maximum atomic E-state index is 12.3. The van der Waals surface area contributed by atoms with E-state index in [0.29, 0.717) is 28.5 Å². The molecule has 1 amide bonds. The van der Waals surface area contributed by atoms with Crippen molar-refractivity contribution in [3.05, 3.63) is 47.8 Å². The number of methoxy groups -OCH3 is 2. The van der Waals surface area contributed by atoms with Crippen molar-refractivity contribution in [2.75, 3.05) is 14.2 Å². The summed E-state index contributed by atoms with van der Waals surface area (Å²) in [5.41, 5.74) is 2.82. The zero-order valence-corrected chi connectivity index (χ0v) is 19.6. The first-order valence-electron chi connectivity index (χ1n) is 10.4. The van der Waals surface area contributed by atoms with E-state index in [-0.39, 0.29) is 6.42 Å². The first kappa shape index (κ1) is 23.9. The van der Waals surface area contributed by atoms with Crippen LogP contribution >= 0.6 is 0 Å². The second kappa shape index (κ2) is 9.40. The third-order valence-electron chi connectivity index (χ3n) is 4.91. The van der Waals surface area contributed by atoms with Crippen LogP contribution in [0.4, 0.5) is 4.79 Å². The van der Waals surface area contributed by atoms with Gasteiger partial charge in [-0.2, -0.15) is 0 Å². The molecule has 9 nitrogen and oxygen atoms in total. The Morgan fingerprint density at radius 1 is 1.12 bits per heavy atom. The monoisotopic (exact) mass is 455 g/mol. The molecular weight excluding hydrogens is 426 g/mol. The van der Waals surface area contributed by atoms with E-state index in [1.807, 2.05) is 35.7 Å². The first-order chi connectivity index (χ1) is 15.5. The number of hydrogen-bond acceptors (Lipinski definition) is 6. The molecule has 2 aromatic heterocycles. The topological polar surface area (TPSA) is 111 Å². The Labute approximate surface area is 192 Å². The summed E-state index contributed by atoms with van der Waals surface area (Å²) in [5, 5.41) is 12.3. The number of amides is 1. The van der Waals surface area contributed by atoms with Gasteiger partial charge in [0, 0.05) is 18.2 Å². The number of rotatable bonds is 7. The number of aromatic nitrogens is 2. The number of carboxylic acids is 1. The van der Waals surface area contributed by atoms with Gasteiger partial charge in [0.15, 0.2) is 11.5 Å². The molecule has 1 atom stereocenters. The SMILES string of the molecule is COc1ccc(-c2nc3ccc(C)cn3c2CC(NC(=O)OC(C)(C)C)C(=O)O)cc1OC. The zero-order valence-electron chi connectivity index (χ0n) is 19.6.